The molecule has 6 heteroatoms. The van der Waals surface area contributed by atoms with E-state index in [0.29, 0.717) is 25.6 Å². The van der Waals surface area contributed by atoms with E-state index in [1.165, 1.54) is 0 Å². The number of hydrogen-bond acceptors (Lipinski definition) is 3. The molecule has 2 unspecified atom stereocenters. The maximum absolute atomic E-state index is 12.3. The fourth-order valence-corrected chi connectivity index (χ4v) is 2.60. The van der Waals surface area contributed by atoms with E-state index < -0.39 is 5.97 Å². The lowest BCUT2D eigenvalue weighted by Gasteiger charge is -2.31. The van der Waals surface area contributed by atoms with Crippen LogP contribution in [-0.4, -0.2) is 64.3 Å². The minimum absolute atomic E-state index is 0.0342. The minimum atomic E-state index is -0.890. The minimum Gasteiger partial charge on any atom is -0.481 e. The van der Waals surface area contributed by atoms with Gasteiger partial charge in [-0.25, -0.2) is 4.79 Å². The molecule has 1 aliphatic heterocycles. The van der Waals surface area contributed by atoms with E-state index in [2.05, 4.69) is 0 Å². The van der Waals surface area contributed by atoms with Crippen LogP contribution in [0, 0.1) is 5.92 Å². The van der Waals surface area contributed by atoms with Gasteiger partial charge in [0.05, 0.1) is 6.42 Å². The fourth-order valence-electron chi connectivity index (χ4n) is 2.60. The number of carbonyl (C=O) groups is 2. The average Bonchev–Trinajstić information content (AvgIpc) is 2.78. The van der Waals surface area contributed by atoms with Gasteiger partial charge < -0.3 is 20.0 Å². The Morgan fingerprint density at radius 2 is 2.16 bits per heavy atom. The molecule has 110 valence electrons. The number of urea groups is 1. The number of rotatable bonds is 6. The van der Waals surface area contributed by atoms with E-state index >= 15 is 0 Å². The molecule has 19 heavy (non-hydrogen) atoms. The van der Waals surface area contributed by atoms with E-state index in [4.69, 9.17) is 10.2 Å². The van der Waals surface area contributed by atoms with Crippen molar-refractivity contribution < 1.29 is 19.8 Å². The Bertz CT molecular complexity index is 322. The lowest BCUT2D eigenvalue weighted by molar-refractivity contribution is -0.138. The first kappa shape index (κ1) is 15.8. The van der Waals surface area contributed by atoms with Crippen LogP contribution in [0.4, 0.5) is 4.79 Å². The highest BCUT2D eigenvalue weighted by atomic mass is 16.4. The molecule has 2 amide bonds. The second-order valence-corrected chi connectivity index (χ2v) is 5.13. The summed E-state index contributed by atoms with van der Waals surface area (Å²) < 4.78 is 0. The smallest absolute Gasteiger partial charge is 0.320 e. The first-order valence-electron chi connectivity index (χ1n) is 6.87. The van der Waals surface area contributed by atoms with Gasteiger partial charge in [-0.2, -0.15) is 0 Å². The summed E-state index contributed by atoms with van der Waals surface area (Å²) in [5.74, 6) is -0.527. The number of amides is 2. The predicted molar refractivity (Wildman–Crippen MR) is 70.9 cm³/mol. The molecule has 1 rings (SSSR count). The third kappa shape index (κ3) is 4.38. The van der Waals surface area contributed by atoms with E-state index in [-0.39, 0.29) is 25.1 Å². The molecule has 1 saturated heterocycles. The zero-order chi connectivity index (χ0) is 14.4. The summed E-state index contributed by atoms with van der Waals surface area (Å²) >= 11 is 0. The third-order valence-corrected chi connectivity index (χ3v) is 3.68. The van der Waals surface area contributed by atoms with Crippen LogP contribution in [0.25, 0.3) is 0 Å². The first-order valence-corrected chi connectivity index (χ1v) is 6.87. The lowest BCUT2D eigenvalue weighted by atomic mass is 10.1. The molecule has 1 fully saturated rings. The number of carboxylic acids is 1. The molecule has 0 bridgehead atoms. The third-order valence-electron chi connectivity index (χ3n) is 3.68. The van der Waals surface area contributed by atoms with Crippen LogP contribution in [-0.2, 0) is 4.79 Å². The van der Waals surface area contributed by atoms with Gasteiger partial charge in [0.2, 0.25) is 0 Å². The van der Waals surface area contributed by atoms with Gasteiger partial charge in [0, 0.05) is 32.3 Å². The Balaban J connectivity index is 2.56. The fraction of sp³-hybridized carbons (Fsp3) is 0.846. The van der Waals surface area contributed by atoms with Crippen molar-refractivity contribution in [2.75, 3.05) is 26.2 Å². The van der Waals surface area contributed by atoms with Crippen molar-refractivity contribution >= 4 is 12.0 Å². The molecule has 0 saturated carbocycles. The highest BCUT2D eigenvalue weighted by molar-refractivity contribution is 5.76. The average molecular weight is 272 g/mol. The first-order chi connectivity index (χ1) is 8.99. The van der Waals surface area contributed by atoms with Crippen molar-refractivity contribution in [2.24, 2.45) is 5.92 Å². The number of aliphatic hydroxyl groups is 1. The van der Waals surface area contributed by atoms with Crippen LogP contribution in [0.15, 0.2) is 0 Å². The summed E-state index contributed by atoms with van der Waals surface area (Å²) in [6, 6.07) is -0.386. The number of aliphatic carboxylic acids is 1. The van der Waals surface area contributed by atoms with Crippen molar-refractivity contribution in [2.45, 2.75) is 39.2 Å². The Morgan fingerprint density at radius 3 is 2.68 bits per heavy atom. The van der Waals surface area contributed by atoms with Crippen LogP contribution in [0.1, 0.15) is 33.1 Å². The highest BCUT2D eigenvalue weighted by Gasteiger charge is 2.30. The number of nitrogens with zero attached hydrogens (tertiary/aromatic N) is 2. The van der Waals surface area contributed by atoms with E-state index in [9.17, 15) is 9.59 Å². The van der Waals surface area contributed by atoms with Gasteiger partial charge in [-0.05, 0) is 32.6 Å². The van der Waals surface area contributed by atoms with Crippen LogP contribution in [0.3, 0.4) is 0 Å². The maximum atomic E-state index is 12.3. The topological polar surface area (TPSA) is 81.1 Å². The van der Waals surface area contributed by atoms with Gasteiger partial charge >= 0.3 is 12.0 Å². The standard InChI is InChI=1S/C13H24N2O4/c1-3-15(10(2)8-12(17)18)13(19)14-6-4-11(9-14)5-7-16/h10-11,16H,3-9H2,1-2H3,(H,17,18). The van der Waals surface area contributed by atoms with Crippen molar-refractivity contribution in [3.8, 4) is 0 Å². The Hall–Kier alpha value is -1.30. The maximum Gasteiger partial charge on any atom is 0.320 e. The monoisotopic (exact) mass is 272 g/mol. The van der Waals surface area contributed by atoms with Crippen LogP contribution in [0.2, 0.25) is 0 Å². The van der Waals surface area contributed by atoms with Crippen molar-refractivity contribution in [1.82, 2.24) is 9.80 Å². The second kappa shape index (κ2) is 7.33. The summed E-state index contributed by atoms with van der Waals surface area (Å²) in [7, 11) is 0. The molecule has 0 aromatic carbocycles. The molecule has 0 radical (unpaired) electrons. The molecule has 0 spiro atoms. The largest absolute Gasteiger partial charge is 0.481 e. The lowest BCUT2D eigenvalue weighted by Crippen LogP contribution is -2.47. The number of carboxylic acid groups (broad SMARTS) is 1. The van der Waals surface area contributed by atoms with Crippen molar-refractivity contribution in [3.63, 3.8) is 0 Å². The van der Waals surface area contributed by atoms with Gasteiger partial charge in [0.25, 0.3) is 0 Å². The normalized spacial score (nSPS) is 20.4. The molecule has 0 aromatic rings. The number of carbonyl (C=O) groups excluding carboxylic acids is 1. The van der Waals surface area contributed by atoms with Gasteiger partial charge in [0.15, 0.2) is 0 Å². The summed E-state index contributed by atoms with van der Waals surface area (Å²) in [4.78, 5) is 26.5. The van der Waals surface area contributed by atoms with Crippen molar-refractivity contribution in [1.29, 1.82) is 0 Å². The Labute approximate surface area is 114 Å². The van der Waals surface area contributed by atoms with Gasteiger partial charge in [-0.1, -0.05) is 0 Å². The van der Waals surface area contributed by atoms with Crippen molar-refractivity contribution in [3.05, 3.63) is 0 Å². The molecule has 1 aliphatic rings. The summed E-state index contributed by atoms with van der Waals surface area (Å²) in [6.45, 7) is 5.64. The van der Waals surface area contributed by atoms with Gasteiger partial charge in [0.1, 0.15) is 0 Å². The Morgan fingerprint density at radius 1 is 1.47 bits per heavy atom. The SMILES string of the molecule is CCN(C(=O)N1CCC(CCO)C1)C(C)CC(=O)O. The predicted octanol–water partition coefficient (Wildman–Crippen LogP) is 0.996. The van der Waals surface area contributed by atoms with Gasteiger partial charge in [-0.15, -0.1) is 0 Å². The molecular weight excluding hydrogens is 248 g/mol. The summed E-state index contributed by atoms with van der Waals surface area (Å²) in [5.41, 5.74) is 0. The quantitative estimate of drug-likeness (QED) is 0.755. The highest BCUT2D eigenvalue weighted by Crippen LogP contribution is 2.21. The zero-order valence-electron chi connectivity index (χ0n) is 11.7. The second-order valence-electron chi connectivity index (χ2n) is 5.13. The van der Waals surface area contributed by atoms with Crippen LogP contribution in [0.5, 0.6) is 0 Å². The molecule has 2 N–H and O–H groups in total. The van der Waals surface area contributed by atoms with E-state index in [1.807, 2.05) is 6.92 Å². The number of aliphatic hydroxyl groups excluding tert-OH is 1. The van der Waals surface area contributed by atoms with Gasteiger partial charge in [-0.3, -0.25) is 4.79 Å². The van der Waals surface area contributed by atoms with E-state index in [0.717, 1.165) is 12.8 Å². The number of likely N-dealkylation sites (tertiary alicyclic amines) is 1. The molecular formula is C13H24N2O4. The van der Waals surface area contributed by atoms with Crippen LogP contribution < -0.4 is 0 Å². The number of hydrogen-bond donors (Lipinski definition) is 2. The van der Waals surface area contributed by atoms with E-state index in [1.54, 1.807) is 16.7 Å². The molecule has 0 aliphatic carbocycles. The summed E-state index contributed by atoms with van der Waals surface area (Å²) in [6.07, 6.45) is 1.60. The van der Waals surface area contributed by atoms with Crippen LogP contribution >= 0.6 is 0 Å². The zero-order valence-corrected chi connectivity index (χ0v) is 11.7. The molecule has 2 atom stereocenters. The Kier molecular flexibility index (Phi) is 6.08. The molecule has 1 heterocycles. The molecule has 6 nitrogen and oxygen atoms in total. The molecule has 0 aromatic heterocycles. The summed E-state index contributed by atoms with van der Waals surface area (Å²) in [5, 5.41) is 17.7.